The van der Waals surface area contributed by atoms with E-state index in [1.165, 1.54) is 4.90 Å². The summed E-state index contributed by atoms with van der Waals surface area (Å²) < 4.78 is 7.02. The van der Waals surface area contributed by atoms with Crippen LogP contribution in [0, 0.1) is 0 Å². The van der Waals surface area contributed by atoms with Crippen molar-refractivity contribution in [2.24, 2.45) is 0 Å². The third-order valence-corrected chi connectivity index (χ3v) is 4.47. The first-order valence-electron chi connectivity index (χ1n) is 8.55. The zero-order valence-corrected chi connectivity index (χ0v) is 14.4. The van der Waals surface area contributed by atoms with E-state index < -0.39 is 12.1 Å². The lowest BCUT2D eigenvalue weighted by molar-refractivity contribution is 0.0686. The van der Waals surface area contributed by atoms with Gasteiger partial charge in [-0.3, -0.25) is 0 Å². The van der Waals surface area contributed by atoms with Gasteiger partial charge in [-0.05, 0) is 24.3 Å². The Balaban J connectivity index is 1.63. The molecular weight excluding hydrogens is 346 g/mol. The molecule has 2 heterocycles. The average Bonchev–Trinajstić information content (AvgIpc) is 3.08. The van der Waals surface area contributed by atoms with E-state index in [9.17, 15) is 14.7 Å². The number of carboxylic acid groups (broad SMARTS) is 1. The highest BCUT2D eigenvalue weighted by Gasteiger charge is 2.31. The van der Waals surface area contributed by atoms with Crippen molar-refractivity contribution in [2.75, 3.05) is 6.54 Å². The lowest BCUT2D eigenvalue weighted by Gasteiger charge is -2.26. The van der Waals surface area contributed by atoms with E-state index in [-0.39, 0.29) is 12.2 Å². The van der Waals surface area contributed by atoms with Crippen molar-refractivity contribution in [3.8, 4) is 11.4 Å². The third-order valence-electron chi connectivity index (χ3n) is 4.47. The summed E-state index contributed by atoms with van der Waals surface area (Å²) in [6.45, 7) is 0.575. The van der Waals surface area contributed by atoms with Crippen LogP contribution in [-0.2, 0) is 13.0 Å². The Bertz CT molecular complexity index is 983. The molecule has 1 aliphatic heterocycles. The van der Waals surface area contributed by atoms with Crippen molar-refractivity contribution in [2.45, 2.75) is 13.0 Å². The highest BCUT2D eigenvalue weighted by molar-refractivity contribution is 5.88. The molecule has 1 N–H and O–H groups in total. The minimum atomic E-state index is -1.11. The van der Waals surface area contributed by atoms with E-state index in [0.717, 1.165) is 11.4 Å². The van der Waals surface area contributed by atoms with E-state index in [1.54, 1.807) is 28.9 Å². The summed E-state index contributed by atoms with van der Waals surface area (Å²) in [7, 11) is 0. The molecule has 0 spiro atoms. The van der Waals surface area contributed by atoms with Gasteiger partial charge in [0, 0.05) is 18.5 Å². The molecule has 0 fully saturated rings. The molecule has 0 atom stereocenters. The number of aromatic carboxylic acids is 1. The van der Waals surface area contributed by atoms with Gasteiger partial charge in [0.2, 0.25) is 0 Å². The second-order valence-corrected chi connectivity index (χ2v) is 6.18. The number of nitrogens with zero attached hydrogens (tertiary/aromatic N) is 3. The van der Waals surface area contributed by atoms with Gasteiger partial charge in [0.25, 0.3) is 0 Å². The van der Waals surface area contributed by atoms with Crippen LogP contribution in [0.15, 0.2) is 60.7 Å². The number of aromatic nitrogens is 2. The van der Waals surface area contributed by atoms with Crippen LogP contribution < -0.4 is 4.74 Å². The van der Waals surface area contributed by atoms with Gasteiger partial charge in [-0.15, -0.1) is 0 Å². The van der Waals surface area contributed by atoms with Crippen molar-refractivity contribution in [1.82, 2.24) is 14.7 Å². The number of carboxylic acids is 1. The molecule has 1 amide bonds. The molecule has 27 heavy (non-hydrogen) atoms. The van der Waals surface area contributed by atoms with E-state index in [2.05, 4.69) is 5.10 Å². The first kappa shape index (κ1) is 16.8. The number of fused-ring (bicyclic) bond motifs is 1. The molecule has 3 aromatic rings. The molecule has 0 saturated carbocycles. The number of amides is 1. The van der Waals surface area contributed by atoms with Crippen LogP contribution in [-0.4, -0.2) is 38.4 Å². The molecule has 0 unspecified atom stereocenters. The van der Waals surface area contributed by atoms with E-state index >= 15 is 0 Å². The summed E-state index contributed by atoms with van der Waals surface area (Å²) in [4.78, 5) is 25.6. The van der Waals surface area contributed by atoms with Crippen LogP contribution in [0.5, 0.6) is 5.75 Å². The number of benzene rings is 2. The minimum Gasteiger partial charge on any atom is -0.476 e. The first-order chi connectivity index (χ1) is 13.1. The summed E-state index contributed by atoms with van der Waals surface area (Å²) >= 11 is 0. The quantitative estimate of drug-likeness (QED) is 0.773. The van der Waals surface area contributed by atoms with Gasteiger partial charge >= 0.3 is 12.1 Å². The fourth-order valence-corrected chi connectivity index (χ4v) is 3.18. The van der Waals surface area contributed by atoms with Crippen LogP contribution in [0.25, 0.3) is 5.69 Å². The second-order valence-electron chi connectivity index (χ2n) is 6.18. The number of hydrogen-bond donors (Lipinski definition) is 1. The molecule has 2 aromatic carbocycles. The predicted molar refractivity (Wildman–Crippen MR) is 97.1 cm³/mol. The predicted octanol–water partition coefficient (Wildman–Crippen LogP) is 3.13. The van der Waals surface area contributed by atoms with Crippen LogP contribution in [0.3, 0.4) is 0 Å². The summed E-state index contributed by atoms with van der Waals surface area (Å²) in [6.07, 6.45) is -0.00959. The number of hydrogen-bond acceptors (Lipinski definition) is 4. The number of carbonyl (C=O) groups is 2. The van der Waals surface area contributed by atoms with Gasteiger partial charge in [0.15, 0.2) is 5.69 Å². The van der Waals surface area contributed by atoms with Gasteiger partial charge in [-0.25, -0.2) is 14.3 Å². The smallest absolute Gasteiger partial charge is 0.415 e. The molecule has 0 saturated heterocycles. The molecule has 0 radical (unpaired) electrons. The van der Waals surface area contributed by atoms with Gasteiger partial charge in [0.1, 0.15) is 5.75 Å². The van der Waals surface area contributed by atoms with Crippen LogP contribution in [0.4, 0.5) is 4.79 Å². The standard InChI is InChI=1S/C20H17N3O4/c24-19(25)18-16-13-22(20(26)27-15-9-5-2-6-10-15)12-11-17(16)23(21-18)14-7-3-1-4-8-14/h1-10H,11-13H2,(H,24,25). The maximum Gasteiger partial charge on any atom is 0.415 e. The molecule has 1 aliphatic rings. The number of rotatable bonds is 3. The molecule has 4 rings (SSSR count). The van der Waals surface area contributed by atoms with E-state index in [1.807, 2.05) is 36.4 Å². The largest absolute Gasteiger partial charge is 0.476 e. The zero-order chi connectivity index (χ0) is 18.8. The summed E-state index contributed by atoms with van der Waals surface area (Å²) in [5.41, 5.74) is 2.11. The molecule has 0 aliphatic carbocycles. The Morgan fingerprint density at radius 2 is 1.67 bits per heavy atom. The highest BCUT2D eigenvalue weighted by Crippen LogP contribution is 2.26. The van der Waals surface area contributed by atoms with Crippen LogP contribution in [0.2, 0.25) is 0 Å². The van der Waals surface area contributed by atoms with Gasteiger partial charge < -0.3 is 14.7 Å². The van der Waals surface area contributed by atoms with Crippen molar-refractivity contribution < 1.29 is 19.4 Å². The van der Waals surface area contributed by atoms with Gasteiger partial charge in [0.05, 0.1) is 17.9 Å². The van der Waals surface area contributed by atoms with Gasteiger partial charge in [-0.1, -0.05) is 36.4 Å². The van der Waals surface area contributed by atoms with Crippen molar-refractivity contribution in [1.29, 1.82) is 0 Å². The summed E-state index contributed by atoms with van der Waals surface area (Å²) in [5.74, 6) is -0.661. The maximum atomic E-state index is 12.5. The zero-order valence-electron chi connectivity index (χ0n) is 14.4. The number of carbonyl (C=O) groups excluding carboxylic acids is 1. The SMILES string of the molecule is O=C(O)c1nn(-c2ccccc2)c2c1CN(C(=O)Oc1ccccc1)CC2. The third kappa shape index (κ3) is 3.27. The lowest BCUT2D eigenvalue weighted by atomic mass is 10.1. The Morgan fingerprint density at radius 1 is 1.00 bits per heavy atom. The van der Waals surface area contributed by atoms with Crippen molar-refractivity contribution in [3.63, 3.8) is 0 Å². The first-order valence-corrected chi connectivity index (χ1v) is 8.55. The second kappa shape index (κ2) is 6.95. The normalized spacial score (nSPS) is 13.1. The molecular formula is C20H17N3O4. The van der Waals surface area contributed by atoms with E-state index in [0.29, 0.717) is 24.3 Å². The summed E-state index contributed by atoms with van der Waals surface area (Å²) in [5, 5.41) is 13.8. The van der Waals surface area contributed by atoms with Crippen LogP contribution in [0.1, 0.15) is 21.7 Å². The van der Waals surface area contributed by atoms with E-state index in [4.69, 9.17) is 4.74 Å². The molecule has 1 aromatic heterocycles. The maximum absolute atomic E-state index is 12.5. The average molecular weight is 363 g/mol. The fourth-order valence-electron chi connectivity index (χ4n) is 3.18. The number of ether oxygens (including phenoxy) is 1. The van der Waals surface area contributed by atoms with Crippen LogP contribution >= 0.6 is 0 Å². The minimum absolute atomic E-state index is 0.0361. The Kier molecular flexibility index (Phi) is 4.33. The Morgan fingerprint density at radius 3 is 2.33 bits per heavy atom. The molecule has 7 nitrogen and oxygen atoms in total. The topological polar surface area (TPSA) is 84.7 Å². The van der Waals surface area contributed by atoms with Crippen molar-refractivity contribution >= 4 is 12.1 Å². The highest BCUT2D eigenvalue weighted by atomic mass is 16.6. The monoisotopic (exact) mass is 363 g/mol. The molecule has 7 heteroatoms. The Hall–Kier alpha value is -3.61. The fraction of sp³-hybridized carbons (Fsp3) is 0.150. The summed E-state index contributed by atoms with van der Waals surface area (Å²) in [6, 6.07) is 18.2. The lowest BCUT2D eigenvalue weighted by Crippen LogP contribution is -2.38. The van der Waals surface area contributed by atoms with Crippen molar-refractivity contribution in [3.05, 3.63) is 77.6 Å². The molecule has 0 bridgehead atoms. The molecule has 136 valence electrons. The van der Waals surface area contributed by atoms with Gasteiger partial charge in [-0.2, -0.15) is 5.10 Å². The number of para-hydroxylation sites is 2. The Labute approximate surface area is 155 Å².